The number of hydrogen-bond acceptors (Lipinski definition) is 4. The maximum atomic E-state index is 13.0. The van der Waals surface area contributed by atoms with Crippen molar-refractivity contribution in [2.75, 3.05) is 0 Å². The van der Waals surface area contributed by atoms with E-state index in [0.717, 1.165) is 39.1 Å². The molecule has 4 aromatic rings. The van der Waals surface area contributed by atoms with E-state index in [1.165, 1.54) is 0 Å². The fourth-order valence-corrected chi connectivity index (χ4v) is 3.47. The largest absolute Gasteiger partial charge is 0.346 e. The molecule has 0 spiro atoms. The number of hydrogen-bond donors (Lipinski definition) is 1. The van der Waals surface area contributed by atoms with Crippen molar-refractivity contribution in [3.63, 3.8) is 0 Å². The lowest BCUT2D eigenvalue weighted by atomic mass is 10.0. The molecule has 0 unspecified atom stereocenters. The van der Waals surface area contributed by atoms with E-state index in [1.54, 1.807) is 12.4 Å². The monoisotopic (exact) mass is 399 g/mol. The number of rotatable bonds is 5. The fourth-order valence-electron chi connectivity index (χ4n) is 3.47. The second-order valence-electron chi connectivity index (χ2n) is 7.83. The molecule has 6 nitrogen and oxygen atoms in total. The Balaban J connectivity index is 1.73. The van der Waals surface area contributed by atoms with Gasteiger partial charge in [0, 0.05) is 46.7 Å². The number of fused-ring (bicyclic) bond motifs is 1. The van der Waals surface area contributed by atoms with Gasteiger partial charge in [0.15, 0.2) is 0 Å². The van der Waals surface area contributed by atoms with E-state index in [0.29, 0.717) is 12.1 Å². The van der Waals surface area contributed by atoms with Gasteiger partial charge >= 0.3 is 0 Å². The van der Waals surface area contributed by atoms with Gasteiger partial charge in [0.05, 0.1) is 29.8 Å². The predicted molar refractivity (Wildman–Crippen MR) is 118 cm³/mol. The third-order valence-corrected chi connectivity index (χ3v) is 5.11. The maximum Gasteiger partial charge on any atom is 0.251 e. The Bertz CT molecular complexity index is 1190. The molecule has 0 atom stereocenters. The summed E-state index contributed by atoms with van der Waals surface area (Å²) < 4.78 is 2.18. The van der Waals surface area contributed by atoms with Crippen LogP contribution in [-0.4, -0.2) is 25.4 Å². The van der Waals surface area contributed by atoms with Crippen molar-refractivity contribution in [1.29, 1.82) is 0 Å². The third-order valence-electron chi connectivity index (χ3n) is 5.11. The molecular formula is C24H25N5O. The number of aryl methyl sites for hydroxylation is 2. The molecule has 0 saturated carbocycles. The van der Waals surface area contributed by atoms with Crippen LogP contribution >= 0.6 is 0 Å². The zero-order chi connectivity index (χ0) is 21.3. The minimum atomic E-state index is -0.149. The predicted octanol–water partition coefficient (Wildman–Crippen LogP) is 4.62. The Morgan fingerprint density at radius 1 is 1.03 bits per heavy atom. The average molecular weight is 399 g/mol. The van der Waals surface area contributed by atoms with Gasteiger partial charge in [0.2, 0.25) is 0 Å². The summed E-state index contributed by atoms with van der Waals surface area (Å²) in [6, 6.07) is 10.3. The first-order valence-electron chi connectivity index (χ1n) is 10.1. The highest BCUT2D eigenvalue weighted by atomic mass is 16.1. The van der Waals surface area contributed by atoms with Crippen LogP contribution < -0.4 is 5.32 Å². The minimum Gasteiger partial charge on any atom is -0.346 e. The van der Waals surface area contributed by atoms with Crippen molar-refractivity contribution in [2.24, 2.45) is 0 Å². The number of aromatic nitrogens is 4. The van der Waals surface area contributed by atoms with Crippen molar-refractivity contribution in [3.8, 4) is 11.3 Å². The Labute approximate surface area is 176 Å². The molecule has 0 bridgehead atoms. The molecule has 1 aromatic carbocycles. The average Bonchev–Trinajstić information content (AvgIpc) is 3.17. The van der Waals surface area contributed by atoms with E-state index in [4.69, 9.17) is 0 Å². The molecule has 0 fully saturated rings. The summed E-state index contributed by atoms with van der Waals surface area (Å²) in [5.74, 6) is -0.149. The lowest BCUT2D eigenvalue weighted by Crippen LogP contribution is -2.23. The molecule has 1 N–H and O–H groups in total. The number of nitrogens with zero attached hydrogens (tertiary/aromatic N) is 4. The highest BCUT2D eigenvalue weighted by Gasteiger charge is 2.16. The molecule has 30 heavy (non-hydrogen) atoms. The van der Waals surface area contributed by atoms with Crippen molar-refractivity contribution < 1.29 is 4.79 Å². The van der Waals surface area contributed by atoms with Crippen LogP contribution in [0.2, 0.25) is 0 Å². The number of amides is 1. The number of carbonyl (C=O) groups excluding carboxylic acids is 1. The van der Waals surface area contributed by atoms with Crippen LogP contribution in [0.15, 0.2) is 55.1 Å². The minimum absolute atomic E-state index is 0.149. The van der Waals surface area contributed by atoms with Crippen LogP contribution in [0, 0.1) is 13.8 Å². The van der Waals surface area contributed by atoms with Crippen LogP contribution in [0.4, 0.5) is 0 Å². The Morgan fingerprint density at radius 3 is 2.53 bits per heavy atom. The summed E-state index contributed by atoms with van der Waals surface area (Å²) in [6.07, 6.45) is 7.30. The lowest BCUT2D eigenvalue weighted by Gasteiger charge is -2.13. The van der Waals surface area contributed by atoms with Crippen LogP contribution in [0.1, 0.15) is 47.2 Å². The molecule has 0 aliphatic heterocycles. The van der Waals surface area contributed by atoms with Gasteiger partial charge in [-0.1, -0.05) is 6.07 Å². The van der Waals surface area contributed by atoms with Crippen LogP contribution in [0.3, 0.4) is 0 Å². The van der Waals surface area contributed by atoms with E-state index in [2.05, 4.69) is 50.9 Å². The topological polar surface area (TPSA) is 72.7 Å². The van der Waals surface area contributed by atoms with Gasteiger partial charge in [-0.05, 0) is 57.5 Å². The molecule has 1 amide bonds. The first kappa shape index (κ1) is 19.8. The summed E-state index contributed by atoms with van der Waals surface area (Å²) in [7, 11) is 0. The smallest absolute Gasteiger partial charge is 0.251 e. The molecule has 3 heterocycles. The first-order chi connectivity index (χ1) is 14.4. The van der Waals surface area contributed by atoms with Crippen LogP contribution in [0.5, 0.6) is 0 Å². The van der Waals surface area contributed by atoms with Gasteiger partial charge in [0.25, 0.3) is 5.91 Å². The zero-order valence-electron chi connectivity index (χ0n) is 17.7. The van der Waals surface area contributed by atoms with Gasteiger partial charge < -0.3 is 9.88 Å². The molecule has 152 valence electrons. The summed E-state index contributed by atoms with van der Waals surface area (Å²) in [4.78, 5) is 26.1. The second-order valence-corrected chi connectivity index (χ2v) is 7.83. The SMILES string of the molecule is Cc1ccc(-c2cc(C(=O)NCc3cnc(C)cn3)cc3c2ccn3C(C)C)nc1. The van der Waals surface area contributed by atoms with Gasteiger partial charge in [-0.25, -0.2) is 0 Å². The van der Waals surface area contributed by atoms with Gasteiger partial charge in [-0.3, -0.25) is 19.7 Å². The summed E-state index contributed by atoms with van der Waals surface area (Å²) >= 11 is 0. The Morgan fingerprint density at radius 2 is 1.87 bits per heavy atom. The number of carbonyl (C=O) groups is 1. The van der Waals surface area contributed by atoms with Gasteiger partial charge in [-0.15, -0.1) is 0 Å². The molecule has 4 rings (SSSR count). The molecule has 3 aromatic heterocycles. The van der Waals surface area contributed by atoms with E-state index in [9.17, 15) is 4.79 Å². The van der Waals surface area contributed by atoms with Crippen molar-refractivity contribution in [3.05, 3.63) is 77.6 Å². The van der Waals surface area contributed by atoms with E-state index in [1.807, 2.05) is 44.3 Å². The van der Waals surface area contributed by atoms with E-state index < -0.39 is 0 Å². The highest BCUT2D eigenvalue weighted by molar-refractivity contribution is 6.03. The van der Waals surface area contributed by atoms with Crippen LogP contribution in [-0.2, 0) is 6.54 Å². The van der Waals surface area contributed by atoms with Crippen molar-refractivity contribution in [1.82, 2.24) is 24.8 Å². The standard InChI is InChI=1S/C24H25N5O/c1-15(2)29-8-7-20-21(22-6-5-16(3)11-27-22)9-18(10-23(20)29)24(30)28-14-19-13-25-17(4)12-26-19/h5-13,15H,14H2,1-4H3,(H,28,30). The van der Waals surface area contributed by atoms with Gasteiger partial charge in [-0.2, -0.15) is 0 Å². The second kappa shape index (κ2) is 8.06. The molecular weight excluding hydrogens is 374 g/mol. The summed E-state index contributed by atoms with van der Waals surface area (Å²) in [5.41, 5.74) is 6.09. The third kappa shape index (κ3) is 3.94. The summed E-state index contributed by atoms with van der Waals surface area (Å²) in [5, 5.41) is 4.04. The van der Waals surface area contributed by atoms with Gasteiger partial charge in [0.1, 0.15) is 0 Å². The van der Waals surface area contributed by atoms with Crippen molar-refractivity contribution >= 4 is 16.8 Å². The number of nitrogens with one attached hydrogen (secondary N) is 1. The highest BCUT2D eigenvalue weighted by Crippen LogP contribution is 2.31. The Kier molecular flexibility index (Phi) is 5.31. The molecule has 0 aliphatic carbocycles. The van der Waals surface area contributed by atoms with E-state index in [-0.39, 0.29) is 11.9 Å². The maximum absolute atomic E-state index is 13.0. The molecule has 0 radical (unpaired) electrons. The lowest BCUT2D eigenvalue weighted by molar-refractivity contribution is 0.0950. The first-order valence-corrected chi connectivity index (χ1v) is 10.1. The molecule has 0 aliphatic rings. The molecule has 0 saturated heterocycles. The van der Waals surface area contributed by atoms with E-state index >= 15 is 0 Å². The normalized spacial score (nSPS) is 11.2. The Hall–Kier alpha value is -3.54. The molecule has 6 heteroatoms. The number of benzene rings is 1. The summed E-state index contributed by atoms with van der Waals surface area (Å²) in [6.45, 7) is 8.49. The zero-order valence-corrected chi connectivity index (χ0v) is 17.7. The quantitative estimate of drug-likeness (QED) is 0.531. The number of pyridine rings is 1. The fraction of sp³-hybridized carbons (Fsp3) is 0.250. The van der Waals surface area contributed by atoms with Crippen LogP contribution in [0.25, 0.3) is 22.2 Å². The van der Waals surface area contributed by atoms with Crippen molar-refractivity contribution in [2.45, 2.75) is 40.3 Å².